The van der Waals surface area contributed by atoms with E-state index in [1.54, 1.807) is 18.2 Å². The summed E-state index contributed by atoms with van der Waals surface area (Å²) in [5, 5.41) is 9.90. The summed E-state index contributed by atoms with van der Waals surface area (Å²) in [5.74, 6) is -0.0224. The number of carbonyl (C=O) groups excluding carboxylic acids is 1. The first-order valence-electron chi connectivity index (χ1n) is 7.31. The van der Waals surface area contributed by atoms with Gasteiger partial charge in [-0.2, -0.15) is 0 Å². The summed E-state index contributed by atoms with van der Waals surface area (Å²) in [4.78, 5) is 11.7. The SMILES string of the molecule is CCCC(=O)Nc1ccc(Cl)c(NC(=S)Nc2ccccc2)c1. The van der Waals surface area contributed by atoms with Crippen molar-refractivity contribution in [2.45, 2.75) is 19.8 Å². The van der Waals surface area contributed by atoms with Gasteiger partial charge in [0.15, 0.2) is 5.11 Å². The molecule has 0 saturated heterocycles. The van der Waals surface area contributed by atoms with Crippen LogP contribution in [0.5, 0.6) is 0 Å². The molecule has 0 aliphatic rings. The Hall–Kier alpha value is -2.11. The van der Waals surface area contributed by atoms with E-state index in [2.05, 4.69) is 16.0 Å². The zero-order chi connectivity index (χ0) is 16.7. The third-order valence-electron chi connectivity index (χ3n) is 3.01. The molecule has 120 valence electrons. The van der Waals surface area contributed by atoms with Crippen LogP contribution in [0.1, 0.15) is 19.8 Å². The van der Waals surface area contributed by atoms with Crippen LogP contribution >= 0.6 is 23.8 Å². The lowest BCUT2D eigenvalue weighted by molar-refractivity contribution is -0.116. The Morgan fingerprint density at radius 2 is 1.78 bits per heavy atom. The Bertz CT molecular complexity index is 691. The van der Waals surface area contributed by atoms with Crippen LogP contribution in [0, 0.1) is 0 Å². The number of rotatable bonds is 5. The second-order valence-electron chi connectivity index (χ2n) is 4.94. The fourth-order valence-corrected chi connectivity index (χ4v) is 2.35. The fraction of sp³-hybridized carbons (Fsp3) is 0.176. The van der Waals surface area contributed by atoms with Crippen LogP contribution < -0.4 is 16.0 Å². The molecular formula is C17H18ClN3OS. The van der Waals surface area contributed by atoms with E-state index in [0.717, 1.165) is 12.1 Å². The summed E-state index contributed by atoms with van der Waals surface area (Å²) < 4.78 is 0. The molecule has 0 fully saturated rings. The van der Waals surface area contributed by atoms with Crippen LogP contribution in [0.2, 0.25) is 5.02 Å². The maximum absolute atomic E-state index is 11.7. The number of para-hydroxylation sites is 1. The maximum Gasteiger partial charge on any atom is 0.224 e. The summed E-state index contributed by atoms with van der Waals surface area (Å²) in [7, 11) is 0. The summed E-state index contributed by atoms with van der Waals surface area (Å²) in [6.45, 7) is 1.96. The van der Waals surface area contributed by atoms with Gasteiger partial charge in [-0.05, 0) is 49.0 Å². The Morgan fingerprint density at radius 1 is 1.04 bits per heavy atom. The second kappa shape index (κ2) is 8.50. The Kier molecular flexibility index (Phi) is 6.38. The van der Waals surface area contributed by atoms with Crippen molar-refractivity contribution in [1.82, 2.24) is 0 Å². The third kappa shape index (κ3) is 5.54. The van der Waals surface area contributed by atoms with Crippen LogP contribution in [0.25, 0.3) is 0 Å². The number of halogens is 1. The highest BCUT2D eigenvalue weighted by atomic mass is 35.5. The molecular weight excluding hydrogens is 330 g/mol. The molecule has 0 radical (unpaired) electrons. The molecule has 2 aromatic rings. The average molecular weight is 348 g/mol. The third-order valence-corrected chi connectivity index (χ3v) is 3.54. The van der Waals surface area contributed by atoms with Crippen LogP contribution in [0.15, 0.2) is 48.5 Å². The summed E-state index contributed by atoms with van der Waals surface area (Å²) >= 11 is 11.5. The fourth-order valence-electron chi connectivity index (χ4n) is 1.96. The number of anilines is 3. The van der Waals surface area contributed by atoms with Gasteiger partial charge in [0.1, 0.15) is 0 Å². The van der Waals surface area contributed by atoms with E-state index in [9.17, 15) is 4.79 Å². The lowest BCUT2D eigenvalue weighted by Gasteiger charge is -2.13. The number of hydrogen-bond acceptors (Lipinski definition) is 2. The molecule has 0 atom stereocenters. The molecule has 0 unspecified atom stereocenters. The Labute approximate surface area is 146 Å². The van der Waals surface area contributed by atoms with E-state index in [-0.39, 0.29) is 5.91 Å². The molecule has 0 bridgehead atoms. The van der Waals surface area contributed by atoms with Crippen molar-refractivity contribution >= 4 is 51.9 Å². The lowest BCUT2D eigenvalue weighted by atomic mass is 10.2. The van der Waals surface area contributed by atoms with Crippen LogP contribution in [0.3, 0.4) is 0 Å². The zero-order valence-corrected chi connectivity index (χ0v) is 14.3. The van der Waals surface area contributed by atoms with Crippen molar-refractivity contribution in [2.75, 3.05) is 16.0 Å². The first-order valence-corrected chi connectivity index (χ1v) is 8.09. The van der Waals surface area contributed by atoms with Crippen molar-refractivity contribution in [2.24, 2.45) is 0 Å². The number of benzene rings is 2. The molecule has 0 aliphatic carbocycles. The molecule has 0 aromatic heterocycles. The molecule has 0 aliphatic heterocycles. The molecule has 0 spiro atoms. The summed E-state index contributed by atoms with van der Waals surface area (Å²) in [5.41, 5.74) is 2.20. The predicted molar refractivity (Wildman–Crippen MR) is 101 cm³/mol. The van der Waals surface area contributed by atoms with Gasteiger partial charge in [-0.15, -0.1) is 0 Å². The predicted octanol–water partition coefficient (Wildman–Crippen LogP) is 4.89. The van der Waals surface area contributed by atoms with Gasteiger partial charge in [-0.1, -0.05) is 36.7 Å². The van der Waals surface area contributed by atoms with Gasteiger partial charge >= 0.3 is 0 Å². The molecule has 6 heteroatoms. The standard InChI is InChI=1S/C17H18ClN3OS/c1-2-6-16(22)19-13-9-10-14(18)15(11-13)21-17(23)20-12-7-4-3-5-8-12/h3-5,7-11H,2,6H2,1H3,(H,19,22)(H2,20,21,23). The van der Waals surface area contributed by atoms with Crippen molar-refractivity contribution in [3.05, 3.63) is 53.6 Å². The molecule has 4 nitrogen and oxygen atoms in total. The smallest absolute Gasteiger partial charge is 0.224 e. The first kappa shape index (κ1) is 17.2. The number of amides is 1. The summed E-state index contributed by atoms with van der Waals surface area (Å²) in [6.07, 6.45) is 1.29. The van der Waals surface area contributed by atoms with Gasteiger partial charge in [-0.25, -0.2) is 0 Å². The number of carbonyl (C=O) groups is 1. The van der Waals surface area contributed by atoms with E-state index in [0.29, 0.717) is 27.9 Å². The lowest BCUT2D eigenvalue weighted by Crippen LogP contribution is -2.19. The highest BCUT2D eigenvalue weighted by Crippen LogP contribution is 2.26. The Morgan fingerprint density at radius 3 is 2.48 bits per heavy atom. The number of hydrogen-bond donors (Lipinski definition) is 3. The van der Waals surface area contributed by atoms with Crippen molar-refractivity contribution in [3.63, 3.8) is 0 Å². The normalized spacial score (nSPS) is 10.0. The zero-order valence-electron chi connectivity index (χ0n) is 12.7. The number of nitrogens with one attached hydrogen (secondary N) is 3. The van der Waals surface area contributed by atoms with Crippen LogP contribution in [-0.4, -0.2) is 11.0 Å². The average Bonchev–Trinajstić information content (AvgIpc) is 2.52. The number of thiocarbonyl (C=S) groups is 1. The topological polar surface area (TPSA) is 53.2 Å². The first-order chi connectivity index (χ1) is 11.1. The molecule has 2 rings (SSSR count). The highest BCUT2D eigenvalue weighted by Gasteiger charge is 2.07. The van der Waals surface area contributed by atoms with Gasteiger partial charge in [0.25, 0.3) is 0 Å². The van der Waals surface area contributed by atoms with Crippen LogP contribution in [0.4, 0.5) is 17.1 Å². The quantitative estimate of drug-likeness (QED) is 0.674. The van der Waals surface area contributed by atoms with Crippen molar-refractivity contribution < 1.29 is 4.79 Å². The van der Waals surface area contributed by atoms with E-state index in [1.807, 2.05) is 37.3 Å². The van der Waals surface area contributed by atoms with E-state index >= 15 is 0 Å². The molecule has 2 aromatic carbocycles. The summed E-state index contributed by atoms with van der Waals surface area (Å²) in [6, 6.07) is 14.8. The van der Waals surface area contributed by atoms with E-state index < -0.39 is 0 Å². The van der Waals surface area contributed by atoms with Crippen LogP contribution in [-0.2, 0) is 4.79 Å². The van der Waals surface area contributed by atoms with Gasteiger partial charge in [-0.3, -0.25) is 4.79 Å². The molecule has 0 heterocycles. The van der Waals surface area contributed by atoms with Gasteiger partial charge in [0, 0.05) is 17.8 Å². The molecule has 23 heavy (non-hydrogen) atoms. The largest absolute Gasteiger partial charge is 0.332 e. The monoisotopic (exact) mass is 347 g/mol. The molecule has 3 N–H and O–H groups in total. The Balaban J connectivity index is 2.03. The highest BCUT2D eigenvalue weighted by molar-refractivity contribution is 7.80. The van der Waals surface area contributed by atoms with Gasteiger partial charge in [0.2, 0.25) is 5.91 Å². The maximum atomic E-state index is 11.7. The molecule has 1 amide bonds. The van der Waals surface area contributed by atoms with Crippen molar-refractivity contribution in [3.8, 4) is 0 Å². The van der Waals surface area contributed by atoms with Gasteiger partial charge < -0.3 is 16.0 Å². The minimum absolute atomic E-state index is 0.0224. The van der Waals surface area contributed by atoms with Gasteiger partial charge in [0.05, 0.1) is 10.7 Å². The van der Waals surface area contributed by atoms with E-state index in [4.69, 9.17) is 23.8 Å². The molecule has 0 saturated carbocycles. The minimum atomic E-state index is -0.0224. The van der Waals surface area contributed by atoms with Crippen molar-refractivity contribution in [1.29, 1.82) is 0 Å². The van der Waals surface area contributed by atoms with E-state index in [1.165, 1.54) is 0 Å². The second-order valence-corrected chi connectivity index (χ2v) is 5.75. The minimum Gasteiger partial charge on any atom is -0.332 e.